The number of anilines is 1. The van der Waals surface area contributed by atoms with Gasteiger partial charge in [-0.3, -0.25) is 0 Å². The molecule has 0 saturated heterocycles. The van der Waals surface area contributed by atoms with Crippen molar-refractivity contribution in [2.45, 2.75) is 57.4 Å². The molecule has 2 N–H and O–H groups in total. The Kier molecular flexibility index (Phi) is 4.94. The third-order valence-corrected chi connectivity index (χ3v) is 5.82. The van der Waals surface area contributed by atoms with Crippen LogP contribution in [0, 0.1) is 5.41 Å². The second kappa shape index (κ2) is 6.36. The molecule has 0 spiro atoms. The van der Waals surface area contributed by atoms with Gasteiger partial charge in [0, 0.05) is 12.6 Å². The molecule has 0 aromatic heterocycles. The molecule has 0 radical (unpaired) electrons. The van der Waals surface area contributed by atoms with Crippen LogP contribution in [0.1, 0.15) is 46.5 Å². The van der Waals surface area contributed by atoms with Crippen molar-refractivity contribution in [2.24, 2.45) is 5.41 Å². The van der Waals surface area contributed by atoms with E-state index in [2.05, 4.69) is 23.9 Å². The maximum absolute atomic E-state index is 12.4. The minimum atomic E-state index is -3.44. The highest BCUT2D eigenvalue weighted by atomic mass is 32.2. The Morgan fingerprint density at radius 1 is 1.29 bits per heavy atom. The van der Waals surface area contributed by atoms with E-state index in [1.54, 1.807) is 12.1 Å². The van der Waals surface area contributed by atoms with E-state index in [4.69, 9.17) is 0 Å². The molecular formula is C16H26N2O2S. The zero-order chi connectivity index (χ0) is 15.5. The molecule has 1 aromatic carbocycles. The maximum Gasteiger partial charge on any atom is 0.242 e. The third kappa shape index (κ3) is 3.77. The lowest BCUT2D eigenvalue weighted by Gasteiger charge is -2.29. The summed E-state index contributed by atoms with van der Waals surface area (Å²) < 4.78 is 27.4. The van der Waals surface area contributed by atoms with Crippen LogP contribution in [0.4, 0.5) is 5.69 Å². The number of rotatable bonds is 6. The van der Waals surface area contributed by atoms with Crippen LogP contribution in [0.3, 0.4) is 0 Å². The van der Waals surface area contributed by atoms with E-state index in [9.17, 15) is 8.42 Å². The first-order chi connectivity index (χ1) is 9.87. The van der Waals surface area contributed by atoms with Gasteiger partial charge in [0.1, 0.15) is 4.90 Å². The molecule has 4 nitrogen and oxygen atoms in total. The first kappa shape index (κ1) is 16.3. The summed E-state index contributed by atoms with van der Waals surface area (Å²) in [4.78, 5) is 0.348. The van der Waals surface area contributed by atoms with Gasteiger partial charge in [-0.05, 0) is 36.8 Å². The van der Waals surface area contributed by atoms with Gasteiger partial charge in [-0.15, -0.1) is 0 Å². The molecule has 2 rings (SSSR count). The Hall–Kier alpha value is -1.07. The van der Waals surface area contributed by atoms with Crippen LogP contribution >= 0.6 is 0 Å². The van der Waals surface area contributed by atoms with Crippen LogP contribution in [0.2, 0.25) is 0 Å². The van der Waals surface area contributed by atoms with Crippen LogP contribution in [-0.4, -0.2) is 21.0 Å². The van der Waals surface area contributed by atoms with Crippen LogP contribution in [0.15, 0.2) is 29.2 Å². The van der Waals surface area contributed by atoms with E-state index in [1.165, 1.54) is 12.8 Å². The lowest BCUT2D eigenvalue weighted by Crippen LogP contribution is -2.32. The van der Waals surface area contributed by atoms with Crippen molar-refractivity contribution in [1.82, 2.24) is 4.72 Å². The first-order valence-electron chi connectivity index (χ1n) is 7.72. The van der Waals surface area contributed by atoms with E-state index in [0.29, 0.717) is 23.2 Å². The molecule has 1 atom stereocenters. The van der Waals surface area contributed by atoms with Crippen molar-refractivity contribution in [1.29, 1.82) is 0 Å². The lowest BCUT2D eigenvalue weighted by molar-refractivity contribution is 0.349. The Morgan fingerprint density at radius 2 is 2.00 bits per heavy atom. The van der Waals surface area contributed by atoms with Crippen molar-refractivity contribution < 1.29 is 8.42 Å². The van der Waals surface area contributed by atoms with E-state index in [-0.39, 0.29) is 5.41 Å². The normalized spacial score (nSPS) is 21.4. The number of para-hydroxylation sites is 1. The van der Waals surface area contributed by atoms with Crippen molar-refractivity contribution in [2.75, 3.05) is 11.9 Å². The first-order valence-corrected chi connectivity index (χ1v) is 9.20. The molecule has 1 unspecified atom stereocenters. The minimum absolute atomic E-state index is 0.202. The highest BCUT2D eigenvalue weighted by Gasteiger charge is 2.35. The highest BCUT2D eigenvalue weighted by molar-refractivity contribution is 7.89. The van der Waals surface area contributed by atoms with E-state index >= 15 is 0 Å². The summed E-state index contributed by atoms with van der Waals surface area (Å²) in [6, 6.07) is 7.49. The smallest absolute Gasteiger partial charge is 0.242 e. The second-order valence-corrected chi connectivity index (χ2v) is 8.21. The van der Waals surface area contributed by atoms with Crippen LogP contribution in [0.25, 0.3) is 0 Å². The Balaban J connectivity index is 2.25. The summed E-state index contributed by atoms with van der Waals surface area (Å²) in [5.74, 6) is 0. The largest absolute Gasteiger partial charge is 0.381 e. The number of hydrogen-bond acceptors (Lipinski definition) is 3. The summed E-state index contributed by atoms with van der Waals surface area (Å²) in [5, 5.41) is 3.46. The molecule has 1 fully saturated rings. The molecule has 0 amide bonds. The summed E-state index contributed by atoms with van der Waals surface area (Å²) in [6.07, 6.45) is 4.23. The standard InChI is InChI=1S/C16H26N2O2S/c1-4-12-17-21(19,20)14-9-6-5-8-13(14)18-15-10-7-11-16(15,2)3/h5-6,8-9,15,17-18H,4,7,10-12H2,1-3H3. The van der Waals surface area contributed by atoms with Crippen molar-refractivity contribution in [3.63, 3.8) is 0 Å². The molecule has 1 aliphatic rings. The Morgan fingerprint density at radius 3 is 2.62 bits per heavy atom. The fourth-order valence-corrected chi connectivity index (χ4v) is 4.22. The summed E-state index contributed by atoms with van der Waals surface area (Å²) in [5.41, 5.74) is 0.911. The summed E-state index contributed by atoms with van der Waals surface area (Å²) >= 11 is 0. The van der Waals surface area contributed by atoms with Crippen LogP contribution in [0.5, 0.6) is 0 Å². The average Bonchev–Trinajstić information content (AvgIpc) is 2.76. The third-order valence-electron chi connectivity index (χ3n) is 4.31. The number of sulfonamides is 1. The summed E-state index contributed by atoms with van der Waals surface area (Å²) in [6.45, 7) is 6.90. The maximum atomic E-state index is 12.4. The lowest BCUT2D eigenvalue weighted by atomic mass is 9.87. The topological polar surface area (TPSA) is 58.2 Å². The Labute approximate surface area is 128 Å². The van der Waals surface area contributed by atoms with Gasteiger partial charge in [0.2, 0.25) is 10.0 Å². The van der Waals surface area contributed by atoms with Crippen LogP contribution < -0.4 is 10.0 Å². The molecule has 1 aromatic rings. The second-order valence-electron chi connectivity index (χ2n) is 6.47. The van der Waals surface area contributed by atoms with Crippen molar-refractivity contribution in [3.8, 4) is 0 Å². The van der Waals surface area contributed by atoms with Crippen molar-refractivity contribution in [3.05, 3.63) is 24.3 Å². The quantitative estimate of drug-likeness (QED) is 0.847. The zero-order valence-corrected chi connectivity index (χ0v) is 14.0. The molecule has 0 bridgehead atoms. The molecular weight excluding hydrogens is 284 g/mol. The monoisotopic (exact) mass is 310 g/mol. The van der Waals surface area contributed by atoms with Gasteiger partial charge in [-0.2, -0.15) is 0 Å². The number of benzene rings is 1. The fourth-order valence-electron chi connectivity index (χ4n) is 2.92. The molecule has 1 aliphatic carbocycles. The molecule has 21 heavy (non-hydrogen) atoms. The highest BCUT2D eigenvalue weighted by Crippen LogP contribution is 2.39. The van der Waals surface area contributed by atoms with E-state index < -0.39 is 10.0 Å². The van der Waals surface area contributed by atoms with Gasteiger partial charge in [0.05, 0.1) is 5.69 Å². The van der Waals surface area contributed by atoms with Crippen LogP contribution in [-0.2, 0) is 10.0 Å². The number of nitrogens with one attached hydrogen (secondary N) is 2. The predicted octanol–water partition coefficient (Wildman–Crippen LogP) is 3.37. The van der Waals surface area contributed by atoms with E-state index in [0.717, 1.165) is 12.8 Å². The van der Waals surface area contributed by atoms with Gasteiger partial charge in [0.25, 0.3) is 0 Å². The van der Waals surface area contributed by atoms with Crippen molar-refractivity contribution >= 4 is 15.7 Å². The molecule has 0 aliphatic heterocycles. The molecule has 1 saturated carbocycles. The molecule has 5 heteroatoms. The zero-order valence-electron chi connectivity index (χ0n) is 13.1. The molecule has 0 heterocycles. The minimum Gasteiger partial charge on any atom is -0.381 e. The van der Waals surface area contributed by atoms with Gasteiger partial charge >= 0.3 is 0 Å². The fraction of sp³-hybridized carbons (Fsp3) is 0.625. The van der Waals surface area contributed by atoms with Gasteiger partial charge in [0.15, 0.2) is 0 Å². The molecule has 118 valence electrons. The van der Waals surface area contributed by atoms with Gasteiger partial charge in [-0.25, -0.2) is 13.1 Å². The summed E-state index contributed by atoms with van der Waals surface area (Å²) in [7, 11) is -3.44. The predicted molar refractivity (Wildman–Crippen MR) is 87.0 cm³/mol. The SMILES string of the molecule is CCCNS(=O)(=O)c1ccccc1NC1CCCC1(C)C. The number of hydrogen-bond donors (Lipinski definition) is 2. The van der Waals surface area contributed by atoms with Gasteiger partial charge in [-0.1, -0.05) is 39.3 Å². The van der Waals surface area contributed by atoms with E-state index in [1.807, 2.05) is 19.1 Å². The average molecular weight is 310 g/mol. The van der Waals surface area contributed by atoms with Gasteiger partial charge < -0.3 is 5.32 Å². The Bertz CT molecular complexity index is 582.